The maximum absolute atomic E-state index is 11.5. The highest BCUT2D eigenvalue weighted by molar-refractivity contribution is 6.21. The summed E-state index contributed by atoms with van der Waals surface area (Å²) in [5.74, 6) is -0.450. The van der Waals surface area contributed by atoms with Crippen molar-refractivity contribution in [1.29, 1.82) is 0 Å². The zero-order valence-corrected chi connectivity index (χ0v) is 8.46. The number of aldehydes is 1. The molecule has 0 spiro atoms. The van der Waals surface area contributed by atoms with Crippen molar-refractivity contribution in [2.45, 2.75) is 20.8 Å². The Bertz CT molecular complexity index is 370. The molecule has 0 aromatic carbocycles. The Balaban J connectivity index is 3.16. The van der Waals surface area contributed by atoms with E-state index in [1.165, 1.54) is 12.2 Å². The van der Waals surface area contributed by atoms with Gasteiger partial charge in [-0.1, -0.05) is 0 Å². The van der Waals surface area contributed by atoms with Crippen molar-refractivity contribution < 1.29 is 14.4 Å². The van der Waals surface area contributed by atoms with Crippen LogP contribution in [0.4, 0.5) is 0 Å². The highest BCUT2D eigenvalue weighted by Crippen LogP contribution is 2.27. The second-order valence-corrected chi connectivity index (χ2v) is 3.95. The van der Waals surface area contributed by atoms with Gasteiger partial charge in [-0.25, -0.2) is 0 Å². The Hall–Kier alpha value is -1.51. The minimum Gasteiger partial charge on any atom is -0.302 e. The van der Waals surface area contributed by atoms with Crippen molar-refractivity contribution in [2.75, 3.05) is 0 Å². The van der Waals surface area contributed by atoms with Gasteiger partial charge in [0.1, 0.15) is 6.29 Å². The molecule has 1 aliphatic rings. The SMILES string of the molecule is CC1=CC(=O)C(C(C)(C)C=O)=CC1=O. The molecule has 0 aromatic rings. The molecular weight excluding hydrogens is 180 g/mol. The molecule has 3 heteroatoms. The molecule has 0 amide bonds. The van der Waals surface area contributed by atoms with Crippen molar-refractivity contribution >= 4 is 17.9 Å². The number of ketones is 2. The lowest BCUT2D eigenvalue weighted by atomic mass is 9.79. The maximum atomic E-state index is 11.5. The van der Waals surface area contributed by atoms with Crippen molar-refractivity contribution in [2.24, 2.45) is 5.41 Å². The van der Waals surface area contributed by atoms with Gasteiger partial charge in [-0.3, -0.25) is 9.59 Å². The molecule has 0 aromatic heterocycles. The lowest BCUT2D eigenvalue weighted by molar-refractivity contribution is -0.119. The number of rotatable bonds is 2. The first-order valence-electron chi connectivity index (χ1n) is 4.34. The number of hydrogen-bond donors (Lipinski definition) is 0. The standard InChI is InChI=1S/C11H12O3/c1-7-4-10(14)8(5-9(7)13)11(2,3)6-12/h4-6H,1-3H3. The molecule has 0 unspecified atom stereocenters. The van der Waals surface area contributed by atoms with E-state index >= 15 is 0 Å². The van der Waals surface area contributed by atoms with Gasteiger partial charge >= 0.3 is 0 Å². The van der Waals surface area contributed by atoms with E-state index in [-0.39, 0.29) is 17.1 Å². The van der Waals surface area contributed by atoms with Crippen LogP contribution < -0.4 is 0 Å². The smallest absolute Gasteiger partial charge is 0.183 e. The quantitative estimate of drug-likeness (QED) is 0.488. The largest absolute Gasteiger partial charge is 0.302 e. The summed E-state index contributed by atoms with van der Waals surface area (Å²) in [6, 6.07) is 0. The number of allylic oxidation sites excluding steroid dienone is 4. The Kier molecular flexibility index (Phi) is 2.51. The van der Waals surface area contributed by atoms with E-state index in [2.05, 4.69) is 0 Å². The van der Waals surface area contributed by atoms with Crippen molar-refractivity contribution in [3.8, 4) is 0 Å². The first-order chi connectivity index (χ1) is 6.38. The van der Waals surface area contributed by atoms with Crippen LogP contribution in [-0.2, 0) is 14.4 Å². The fraction of sp³-hybridized carbons (Fsp3) is 0.364. The van der Waals surface area contributed by atoms with Crippen LogP contribution in [0.5, 0.6) is 0 Å². The second-order valence-electron chi connectivity index (χ2n) is 3.95. The van der Waals surface area contributed by atoms with Crippen LogP contribution in [-0.4, -0.2) is 17.9 Å². The van der Waals surface area contributed by atoms with Crippen LogP contribution >= 0.6 is 0 Å². The normalized spacial score (nSPS) is 17.6. The highest BCUT2D eigenvalue weighted by Gasteiger charge is 2.30. The van der Waals surface area contributed by atoms with E-state index < -0.39 is 5.41 Å². The lowest BCUT2D eigenvalue weighted by Gasteiger charge is -2.21. The first-order valence-corrected chi connectivity index (χ1v) is 4.34. The lowest BCUT2D eigenvalue weighted by Crippen LogP contribution is -2.25. The molecule has 0 saturated heterocycles. The molecule has 0 radical (unpaired) electrons. The van der Waals surface area contributed by atoms with E-state index in [1.54, 1.807) is 20.8 Å². The van der Waals surface area contributed by atoms with Gasteiger partial charge in [-0.05, 0) is 32.9 Å². The van der Waals surface area contributed by atoms with Gasteiger partial charge in [0.2, 0.25) is 0 Å². The summed E-state index contributed by atoms with van der Waals surface area (Å²) in [5, 5.41) is 0. The molecule has 0 bridgehead atoms. The number of hydrogen-bond acceptors (Lipinski definition) is 3. The fourth-order valence-electron chi connectivity index (χ4n) is 1.23. The van der Waals surface area contributed by atoms with Gasteiger partial charge in [-0.2, -0.15) is 0 Å². The Morgan fingerprint density at radius 3 is 2.21 bits per heavy atom. The Labute approximate surface area is 82.5 Å². The van der Waals surface area contributed by atoms with E-state index in [0.29, 0.717) is 11.9 Å². The average Bonchev–Trinajstić information content (AvgIpc) is 2.11. The Morgan fingerprint density at radius 2 is 1.71 bits per heavy atom. The summed E-state index contributed by atoms with van der Waals surface area (Å²) in [5.41, 5.74) is -0.201. The van der Waals surface area contributed by atoms with E-state index in [9.17, 15) is 14.4 Å². The summed E-state index contributed by atoms with van der Waals surface area (Å²) in [6.45, 7) is 4.82. The monoisotopic (exact) mass is 192 g/mol. The second kappa shape index (κ2) is 3.33. The Morgan fingerprint density at radius 1 is 1.14 bits per heavy atom. The van der Waals surface area contributed by atoms with Crippen molar-refractivity contribution in [3.05, 3.63) is 23.3 Å². The van der Waals surface area contributed by atoms with Crippen LogP contribution in [0.3, 0.4) is 0 Å². The zero-order chi connectivity index (χ0) is 10.9. The van der Waals surface area contributed by atoms with Crippen LogP contribution in [0.15, 0.2) is 23.3 Å². The minimum absolute atomic E-state index is 0.200. The minimum atomic E-state index is -0.885. The third kappa shape index (κ3) is 1.71. The van der Waals surface area contributed by atoms with Gasteiger partial charge in [0.15, 0.2) is 11.6 Å². The summed E-state index contributed by atoms with van der Waals surface area (Å²) >= 11 is 0. The fourth-order valence-corrected chi connectivity index (χ4v) is 1.23. The summed E-state index contributed by atoms with van der Waals surface area (Å²) in [7, 11) is 0. The van der Waals surface area contributed by atoms with E-state index in [1.807, 2.05) is 0 Å². The zero-order valence-electron chi connectivity index (χ0n) is 8.46. The topological polar surface area (TPSA) is 51.2 Å². The predicted molar refractivity (Wildman–Crippen MR) is 51.7 cm³/mol. The highest BCUT2D eigenvalue weighted by atomic mass is 16.1. The number of carbonyl (C=O) groups excluding carboxylic acids is 3. The molecule has 74 valence electrons. The summed E-state index contributed by atoms with van der Waals surface area (Å²) in [6.07, 6.45) is 3.22. The molecule has 1 aliphatic carbocycles. The maximum Gasteiger partial charge on any atom is 0.183 e. The summed E-state index contributed by atoms with van der Waals surface area (Å²) in [4.78, 5) is 33.5. The third-order valence-corrected chi connectivity index (χ3v) is 2.27. The number of carbonyl (C=O) groups is 3. The van der Waals surface area contributed by atoms with Crippen LogP contribution in [0.1, 0.15) is 20.8 Å². The molecule has 0 N–H and O–H groups in total. The van der Waals surface area contributed by atoms with E-state index in [4.69, 9.17) is 0 Å². The van der Waals surface area contributed by atoms with Crippen molar-refractivity contribution in [1.82, 2.24) is 0 Å². The molecule has 0 heterocycles. The van der Waals surface area contributed by atoms with Crippen LogP contribution in [0.2, 0.25) is 0 Å². The molecule has 1 rings (SSSR count). The molecular formula is C11H12O3. The summed E-state index contributed by atoms with van der Waals surface area (Å²) < 4.78 is 0. The molecule has 0 fully saturated rings. The first kappa shape index (κ1) is 10.6. The average molecular weight is 192 g/mol. The van der Waals surface area contributed by atoms with Gasteiger partial charge < -0.3 is 4.79 Å². The van der Waals surface area contributed by atoms with Gasteiger partial charge in [-0.15, -0.1) is 0 Å². The molecule has 0 aliphatic heterocycles. The van der Waals surface area contributed by atoms with Gasteiger partial charge in [0.05, 0.1) is 0 Å². The predicted octanol–water partition coefficient (Wildman–Crippen LogP) is 1.24. The van der Waals surface area contributed by atoms with Crippen molar-refractivity contribution in [3.63, 3.8) is 0 Å². The molecule has 3 nitrogen and oxygen atoms in total. The molecule has 0 atom stereocenters. The van der Waals surface area contributed by atoms with Crippen LogP contribution in [0, 0.1) is 5.41 Å². The third-order valence-electron chi connectivity index (χ3n) is 2.27. The van der Waals surface area contributed by atoms with Crippen LogP contribution in [0.25, 0.3) is 0 Å². The van der Waals surface area contributed by atoms with E-state index in [0.717, 1.165) is 0 Å². The molecule has 0 saturated carbocycles. The van der Waals surface area contributed by atoms with Gasteiger partial charge in [0, 0.05) is 16.6 Å². The van der Waals surface area contributed by atoms with Gasteiger partial charge in [0.25, 0.3) is 0 Å². The molecule has 14 heavy (non-hydrogen) atoms.